The Morgan fingerprint density at radius 2 is 1.93 bits per heavy atom. The Kier molecular flexibility index (Phi) is 3.37. The van der Waals surface area contributed by atoms with Crippen LogP contribution in [-0.2, 0) is 5.41 Å². The lowest BCUT2D eigenvalue weighted by atomic mass is 9.85. The second kappa shape index (κ2) is 4.21. The van der Waals surface area contributed by atoms with Gasteiger partial charge in [0.05, 0.1) is 0 Å². The van der Waals surface area contributed by atoms with E-state index >= 15 is 0 Å². The summed E-state index contributed by atoms with van der Waals surface area (Å²) in [5.74, 6) is 0.223. The van der Waals surface area contributed by atoms with Gasteiger partial charge in [0.25, 0.3) is 0 Å². The van der Waals surface area contributed by atoms with Crippen molar-refractivity contribution in [3.63, 3.8) is 0 Å². The second-order valence-electron chi connectivity index (χ2n) is 4.87. The number of aromatic hydroxyl groups is 1. The van der Waals surface area contributed by atoms with Gasteiger partial charge in [-0.2, -0.15) is 0 Å². The molecule has 0 aromatic heterocycles. The van der Waals surface area contributed by atoms with E-state index in [0.29, 0.717) is 6.54 Å². The first-order valence-corrected chi connectivity index (χ1v) is 5.15. The van der Waals surface area contributed by atoms with Crippen molar-refractivity contribution in [2.45, 2.75) is 32.2 Å². The van der Waals surface area contributed by atoms with E-state index in [2.05, 4.69) is 20.8 Å². The van der Waals surface area contributed by atoms with Gasteiger partial charge in [0.15, 0.2) is 0 Å². The topological polar surface area (TPSA) is 72.3 Å². The third-order valence-electron chi connectivity index (χ3n) is 2.55. The van der Waals surface area contributed by atoms with Gasteiger partial charge in [-0.05, 0) is 23.1 Å². The monoisotopic (exact) mass is 208 g/mol. The van der Waals surface area contributed by atoms with Crippen LogP contribution >= 0.6 is 0 Å². The predicted molar refractivity (Wildman–Crippen MR) is 62.8 cm³/mol. The summed E-state index contributed by atoms with van der Waals surface area (Å²) in [5.41, 5.74) is 13.2. The highest BCUT2D eigenvalue weighted by Crippen LogP contribution is 2.29. The van der Waals surface area contributed by atoms with Gasteiger partial charge in [0, 0.05) is 18.2 Å². The zero-order valence-electron chi connectivity index (χ0n) is 9.62. The maximum absolute atomic E-state index is 9.67. The quantitative estimate of drug-likeness (QED) is 0.692. The maximum Gasteiger partial charge on any atom is 0.120 e. The van der Waals surface area contributed by atoms with Gasteiger partial charge in [-0.25, -0.2) is 0 Å². The molecule has 0 aliphatic carbocycles. The van der Waals surface area contributed by atoms with Crippen LogP contribution in [0.4, 0.5) is 0 Å². The van der Waals surface area contributed by atoms with Gasteiger partial charge in [-0.15, -0.1) is 0 Å². The van der Waals surface area contributed by atoms with Crippen LogP contribution in [-0.4, -0.2) is 11.7 Å². The Hall–Kier alpha value is -1.06. The molecule has 0 spiro atoms. The first-order valence-electron chi connectivity index (χ1n) is 5.15. The Morgan fingerprint density at radius 3 is 2.40 bits per heavy atom. The molecule has 0 fully saturated rings. The van der Waals surface area contributed by atoms with Crippen LogP contribution in [0.5, 0.6) is 5.75 Å². The number of hydrogen-bond donors (Lipinski definition) is 3. The van der Waals surface area contributed by atoms with Gasteiger partial charge >= 0.3 is 0 Å². The molecule has 1 atom stereocenters. The minimum absolute atomic E-state index is 0.0523. The second-order valence-corrected chi connectivity index (χ2v) is 4.87. The molecule has 0 bridgehead atoms. The summed E-state index contributed by atoms with van der Waals surface area (Å²) in [5, 5.41) is 9.67. The predicted octanol–water partition coefficient (Wildman–Crippen LogP) is 1.65. The van der Waals surface area contributed by atoms with Crippen molar-refractivity contribution >= 4 is 0 Å². The van der Waals surface area contributed by atoms with E-state index in [9.17, 15) is 5.11 Å². The molecule has 0 aliphatic heterocycles. The normalized spacial score (nSPS) is 13.9. The fraction of sp³-hybridized carbons (Fsp3) is 0.500. The fourth-order valence-corrected chi connectivity index (χ4v) is 1.44. The van der Waals surface area contributed by atoms with Gasteiger partial charge in [0.1, 0.15) is 5.75 Å². The Labute approximate surface area is 91.1 Å². The molecule has 1 aromatic carbocycles. The number of benzene rings is 1. The Bertz CT molecular complexity index is 342. The van der Waals surface area contributed by atoms with E-state index in [1.54, 1.807) is 6.07 Å². The molecule has 0 unspecified atom stereocenters. The lowest BCUT2D eigenvalue weighted by molar-refractivity contribution is 0.460. The van der Waals surface area contributed by atoms with Gasteiger partial charge in [-0.1, -0.05) is 26.8 Å². The molecule has 84 valence electrons. The third-order valence-corrected chi connectivity index (χ3v) is 2.55. The van der Waals surface area contributed by atoms with Crippen molar-refractivity contribution in [2.24, 2.45) is 11.5 Å². The molecule has 3 heteroatoms. The van der Waals surface area contributed by atoms with Crippen LogP contribution in [0.15, 0.2) is 18.2 Å². The Morgan fingerprint density at radius 1 is 1.33 bits per heavy atom. The number of nitrogens with two attached hydrogens (primary N) is 2. The molecule has 0 heterocycles. The van der Waals surface area contributed by atoms with Crippen LogP contribution in [0.3, 0.4) is 0 Å². The van der Waals surface area contributed by atoms with Crippen LogP contribution in [0.1, 0.15) is 37.9 Å². The standard InChI is InChI=1S/C12H20N2O/c1-12(2,3)8-4-5-11(15)9(6-8)10(14)7-13/h4-6,10,15H,7,13-14H2,1-3H3/t10-/m0/s1. The van der Waals surface area contributed by atoms with Crippen molar-refractivity contribution in [2.75, 3.05) is 6.54 Å². The van der Waals surface area contributed by atoms with Crippen LogP contribution in [0, 0.1) is 0 Å². The van der Waals surface area contributed by atoms with Gasteiger partial charge in [-0.3, -0.25) is 0 Å². The van der Waals surface area contributed by atoms with Gasteiger partial charge in [0.2, 0.25) is 0 Å². The van der Waals surface area contributed by atoms with Crippen LogP contribution < -0.4 is 11.5 Å². The van der Waals surface area contributed by atoms with Crippen molar-refractivity contribution in [3.05, 3.63) is 29.3 Å². The van der Waals surface area contributed by atoms with E-state index in [1.165, 1.54) is 0 Å². The van der Waals surface area contributed by atoms with Crippen molar-refractivity contribution in [1.29, 1.82) is 0 Å². The SMILES string of the molecule is CC(C)(C)c1ccc(O)c([C@@H](N)CN)c1. The van der Waals surface area contributed by atoms with Crippen molar-refractivity contribution < 1.29 is 5.11 Å². The summed E-state index contributed by atoms with van der Waals surface area (Å²) in [6, 6.07) is 5.24. The largest absolute Gasteiger partial charge is 0.508 e. The average molecular weight is 208 g/mol. The number of rotatable bonds is 2. The summed E-state index contributed by atoms with van der Waals surface area (Å²) >= 11 is 0. The first kappa shape index (κ1) is 12.0. The van der Waals surface area contributed by atoms with E-state index in [4.69, 9.17) is 11.5 Å². The number of hydrogen-bond acceptors (Lipinski definition) is 3. The smallest absolute Gasteiger partial charge is 0.120 e. The minimum Gasteiger partial charge on any atom is -0.508 e. The molecular weight excluding hydrogens is 188 g/mol. The molecule has 1 rings (SSSR count). The zero-order chi connectivity index (χ0) is 11.6. The van der Waals surface area contributed by atoms with Crippen molar-refractivity contribution in [3.8, 4) is 5.75 Å². The molecule has 1 aromatic rings. The van der Waals surface area contributed by atoms with Crippen LogP contribution in [0.25, 0.3) is 0 Å². The lowest BCUT2D eigenvalue weighted by Gasteiger charge is -2.21. The van der Waals surface area contributed by atoms with Crippen molar-refractivity contribution in [1.82, 2.24) is 0 Å². The number of phenols is 1. The van der Waals surface area contributed by atoms with Crippen LogP contribution in [0.2, 0.25) is 0 Å². The first-order chi connectivity index (χ1) is 6.86. The number of phenolic OH excluding ortho intramolecular Hbond substituents is 1. The maximum atomic E-state index is 9.67. The highest BCUT2D eigenvalue weighted by molar-refractivity contribution is 5.40. The molecule has 0 radical (unpaired) electrons. The third kappa shape index (κ3) is 2.70. The summed E-state index contributed by atoms with van der Waals surface area (Å²) in [7, 11) is 0. The van der Waals surface area contributed by atoms with E-state index < -0.39 is 0 Å². The minimum atomic E-state index is -0.299. The summed E-state index contributed by atoms with van der Waals surface area (Å²) in [6.45, 7) is 6.70. The molecule has 0 saturated heterocycles. The molecule has 15 heavy (non-hydrogen) atoms. The highest BCUT2D eigenvalue weighted by atomic mass is 16.3. The average Bonchev–Trinajstić information content (AvgIpc) is 2.15. The van der Waals surface area contributed by atoms with E-state index in [0.717, 1.165) is 11.1 Å². The lowest BCUT2D eigenvalue weighted by Crippen LogP contribution is -2.22. The zero-order valence-corrected chi connectivity index (χ0v) is 9.62. The van der Waals surface area contributed by atoms with E-state index in [1.807, 2.05) is 12.1 Å². The van der Waals surface area contributed by atoms with E-state index in [-0.39, 0.29) is 17.2 Å². The summed E-state index contributed by atoms with van der Waals surface area (Å²) < 4.78 is 0. The fourth-order valence-electron chi connectivity index (χ4n) is 1.44. The highest BCUT2D eigenvalue weighted by Gasteiger charge is 2.17. The molecular formula is C12H20N2O. The molecule has 5 N–H and O–H groups in total. The molecule has 0 aliphatic rings. The summed E-state index contributed by atoms with van der Waals surface area (Å²) in [4.78, 5) is 0. The Balaban J connectivity index is 3.17. The molecule has 0 amide bonds. The molecule has 0 saturated carbocycles. The van der Waals surface area contributed by atoms with Gasteiger partial charge < -0.3 is 16.6 Å². The summed E-state index contributed by atoms with van der Waals surface area (Å²) in [6.07, 6.45) is 0. The molecule has 3 nitrogen and oxygen atoms in total.